The Morgan fingerprint density at radius 3 is 2.42 bits per heavy atom. The minimum absolute atomic E-state index is 0.132. The molecule has 2 amide bonds. The third kappa shape index (κ3) is 4.38. The summed E-state index contributed by atoms with van der Waals surface area (Å²) in [7, 11) is 0. The molecule has 24 heavy (non-hydrogen) atoms. The number of hydrogen-bond acceptors (Lipinski definition) is 2. The number of hydrogen-bond donors (Lipinski definition) is 1. The molecule has 2 rings (SSSR count). The van der Waals surface area contributed by atoms with E-state index in [0.717, 1.165) is 28.2 Å². The number of aryl methyl sites for hydroxylation is 1. The summed E-state index contributed by atoms with van der Waals surface area (Å²) in [4.78, 5) is 24.9. The van der Waals surface area contributed by atoms with Crippen molar-refractivity contribution in [1.82, 2.24) is 5.32 Å². The number of benzene rings is 2. The average Bonchev–Trinajstić information content (AvgIpc) is 2.54. The SMILES string of the molecule is CC(=O)N(CC(=O)NCc1ccccc1C)c1ccc(F)c(F)c1. The van der Waals surface area contributed by atoms with Gasteiger partial charge in [0.15, 0.2) is 11.6 Å². The predicted molar refractivity (Wildman–Crippen MR) is 87.4 cm³/mol. The van der Waals surface area contributed by atoms with Crippen LogP contribution in [0.2, 0.25) is 0 Å². The molecule has 0 radical (unpaired) electrons. The molecule has 0 aliphatic carbocycles. The number of carbonyl (C=O) groups excluding carboxylic acids is 2. The van der Waals surface area contributed by atoms with Gasteiger partial charge in [0, 0.05) is 25.2 Å². The van der Waals surface area contributed by atoms with Gasteiger partial charge in [-0.25, -0.2) is 8.78 Å². The Morgan fingerprint density at radius 1 is 1.08 bits per heavy atom. The molecule has 2 aromatic rings. The van der Waals surface area contributed by atoms with Crippen molar-refractivity contribution in [2.24, 2.45) is 0 Å². The van der Waals surface area contributed by atoms with Gasteiger partial charge in [-0.3, -0.25) is 9.59 Å². The highest BCUT2D eigenvalue weighted by atomic mass is 19.2. The zero-order chi connectivity index (χ0) is 17.7. The van der Waals surface area contributed by atoms with E-state index in [1.165, 1.54) is 13.0 Å². The van der Waals surface area contributed by atoms with Gasteiger partial charge in [-0.2, -0.15) is 0 Å². The van der Waals surface area contributed by atoms with Gasteiger partial charge in [0.05, 0.1) is 0 Å². The first-order valence-corrected chi connectivity index (χ1v) is 7.43. The van der Waals surface area contributed by atoms with Crippen molar-refractivity contribution in [1.29, 1.82) is 0 Å². The molecule has 0 spiro atoms. The first kappa shape index (κ1) is 17.6. The Labute approximate surface area is 139 Å². The quantitative estimate of drug-likeness (QED) is 0.915. The van der Waals surface area contributed by atoms with Crippen molar-refractivity contribution >= 4 is 17.5 Å². The summed E-state index contributed by atoms with van der Waals surface area (Å²) in [5, 5.41) is 2.72. The van der Waals surface area contributed by atoms with Crippen molar-refractivity contribution in [3.8, 4) is 0 Å². The molecule has 1 N–H and O–H groups in total. The van der Waals surface area contributed by atoms with Gasteiger partial charge in [-0.05, 0) is 30.2 Å². The molecule has 0 aliphatic heterocycles. The number of halogens is 2. The number of nitrogens with one attached hydrogen (secondary N) is 1. The maximum Gasteiger partial charge on any atom is 0.240 e. The molecule has 0 saturated carbocycles. The average molecular weight is 332 g/mol. The Balaban J connectivity index is 2.05. The van der Waals surface area contributed by atoms with Crippen LogP contribution < -0.4 is 10.2 Å². The topological polar surface area (TPSA) is 49.4 Å². The molecule has 0 bridgehead atoms. The second-order valence-electron chi connectivity index (χ2n) is 5.41. The molecule has 0 aromatic heterocycles. The molecule has 6 heteroatoms. The van der Waals surface area contributed by atoms with Crippen LogP contribution in [0.5, 0.6) is 0 Å². The molecule has 126 valence electrons. The molecule has 0 heterocycles. The van der Waals surface area contributed by atoms with Crippen LogP contribution in [0.15, 0.2) is 42.5 Å². The summed E-state index contributed by atoms with van der Waals surface area (Å²) in [6, 6.07) is 10.7. The minimum atomic E-state index is -1.07. The van der Waals surface area contributed by atoms with E-state index in [1.54, 1.807) is 0 Å². The van der Waals surface area contributed by atoms with Crippen LogP contribution in [0.1, 0.15) is 18.1 Å². The van der Waals surface area contributed by atoms with E-state index >= 15 is 0 Å². The number of rotatable bonds is 5. The standard InChI is InChI=1S/C18H18F2N2O2/c1-12-5-3-4-6-14(12)10-21-18(24)11-22(13(2)23)15-7-8-16(19)17(20)9-15/h3-9H,10-11H2,1-2H3,(H,21,24). The smallest absolute Gasteiger partial charge is 0.240 e. The lowest BCUT2D eigenvalue weighted by Crippen LogP contribution is -2.39. The molecule has 0 atom stereocenters. The van der Waals surface area contributed by atoms with E-state index in [2.05, 4.69) is 5.32 Å². The van der Waals surface area contributed by atoms with Gasteiger partial charge in [0.25, 0.3) is 0 Å². The largest absolute Gasteiger partial charge is 0.350 e. The maximum absolute atomic E-state index is 13.3. The fraction of sp³-hybridized carbons (Fsp3) is 0.222. The molecule has 0 unspecified atom stereocenters. The third-order valence-electron chi connectivity index (χ3n) is 3.63. The maximum atomic E-state index is 13.3. The van der Waals surface area contributed by atoms with Crippen LogP contribution in [-0.2, 0) is 16.1 Å². The fourth-order valence-corrected chi connectivity index (χ4v) is 2.24. The van der Waals surface area contributed by atoms with Crippen molar-refractivity contribution in [2.75, 3.05) is 11.4 Å². The van der Waals surface area contributed by atoms with Crippen LogP contribution in [0, 0.1) is 18.6 Å². The molecule has 0 saturated heterocycles. The van der Waals surface area contributed by atoms with Crippen LogP contribution in [0.3, 0.4) is 0 Å². The Bertz CT molecular complexity index is 762. The van der Waals surface area contributed by atoms with Crippen LogP contribution >= 0.6 is 0 Å². The summed E-state index contributed by atoms with van der Waals surface area (Å²) < 4.78 is 26.4. The molecule has 0 fully saturated rings. The van der Waals surface area contributed by atoms with E-state index in [0.29, 0.717) is 6.54 Å². The van der Waals surface area contributed by atoms with Crippen LogP contribution in [0.25, 0.3) is 0 Å². The van der Waals surface area contributed by atoms with Gasteiger partial charge in [-0.15, -0.1) is 0 Å². The van der Waals surface area contributed by atoms with E-state index in [-0.39, 0.29) is 12.2 Å². The molecular formula is C18H18F2N2O2. The zero-order valence-electron chi connectivity index (χ0n) is 13.5. The second kappa shape index (κ2) is 7.68. The minimum Gasteiger partial charge on any atom is -0.350 e. The van der Waals surface area contributed by atoms with Crippen molar-refractivity contribution in [3.63, 3.8) is 0 Å². The summed E-state index contributed by atoms with van der Waals surface area (Å²) in [5.74, 6) is -2.91. The number of carbonyl (C=O) groups is 2. The Morgan fingerprint density at radius 2 is 1.79 bits per heavy atom. The zero-order valence-corrected chi connectivity index (χ0v) is 13.5. The van der Waals surface area contributed by atoms with Gasteiger partial charge in [0.2, 0.25) is 11.8 Å². The van der Waals surface area contributed by atoms with Crippen molar-refractivity contribution in [3.05, 3.63) is 65.2 Å². The first-order chi connectivity index (χ1) is 11.4. The fourth-order valence-electron chi connectivity index (χ4n) is 2.24. The summed E-state index contributed by atoms with van der Waals surface area (Å²) in [6.45, 7) is 3.25. The monoisotopic (exact) mass is 332 g/mol. The van der Waals surface area contributed by atoms with E-state index in [9.17, 15) is 18.4 Å². The lowest BCUT2D eigenvalue weighted by atomic mass is 10.1. The van der Waals surface area contributed by atoms with Crippen molar-refractivity contribution < 1.29 is 18.4 Å². The lowest BCUT2D eigenvalue weighted by molar-refractivity contribution is -0.123. The molecule has 2 aromatic carbocycles. The molecular weight excluding hydrogens is 314 g/mol. The highest BCUT2D eigenvalue weighted by Gasteiger charge is 2.17. The highest BCUT2D eigenvalue weighted by Crippen LogP contribution is 2.18. The number of nitrogens with zero attached hydrogens (tertiary/aromatic N) is 1. The van der Waals surface area contributed by atoms with E-state index in [1.807, 2.05) is 31.2 Å². The third-order valence-corrected chi connectivity index (χ3v) is 3.63. The summed E-state index contributed by atoms with van der Waals surface area (Å²) >= 11 is 0. The lowest BCUT2D eigenvalue weighted by Gasteiger charge is -2.21. The number of anilines is 1. The van der Waals surface area contributed by atoms with Gasteiger partial charge >= 0.3 is 0 Å². The van der Waals surface area contributed by atoms with Crippen LogP contribution in [-0.4, -0.2) is 18.4 Å². The first-order valence-electron chi connectivity index (χ1n) is 7.43. The summed E-state index contributed by atoms with van der Waals surface area (Å²) in [6.07, 6.45) is 0. The van der Waals surface area contributed by atoms with Gasteiger partial charge < -0.3 is 10.2 Å². The van der Waals surface area contributed by atoms with E-state index in [4.69, 9.17) is 0 Å². The summed E-state index contributed by atoms with van der Waals surface area (Å²) in [5.41, 5.74) is 2.14. The Kier molecular flexibility index (Phi) is 5.63. The van der Waals surface area contributed by atoms with Crippen molar-refractivity contribution in [2.45, 2.75) is 20.4 Å². The second-order valence-corrected chi connectivity index (χ2v) is 5.41. The van der Waals surface area contributed by atoms with Gasteiger partial charge in [-0.1, -0.05) is 24.3 Å². The normalized spacial score (nSPS) is 10.3. The van der Waals surface area contributed by atoms with Gasteiger partial charge in [0.1, 0.15) is 6.54 Å². The Hall–Kier alpha value is -2.76. The highest BCUT2D eigenvalue weighted by molar-refractivity contribution is 5.97. The predicted octanol–water partition coefficient (Wildman–Crippen LogP) is 2.94. The van der Waals surface area contributed by atoms with E-state index < -0.39 is 23.4 Å². The number of amides is 2. The molecule has 0 aliphatic rings. The van der Waals surface area contributed by atoms with Crippen LogP contribution in [0.4, 0.5) is 14.5 Å². The molecule has 4 nitrogen and oxygen atoms in total.